The van der Waals surface area contributed by atoms with Crippen LogP contribution in [0.2, 0.25) is 5.02 Å². The Hall–Kier alpha value is -1.07. The molecule has 0 spiro atoms. The third-order valence-corrected chi connectivity index (χ3v) is 3.14. The van der Waals surface area contributed by atoms with Gasteiger partial charge in [0.1, 0.15) is 5.82 Å². The summed E-state index contributed by atoms with van der Waals surface area (Å²) in [6, 6.07) is 4.68. The molecule has 0 fully saturated rings. The van der Waals surface area contributed by atoms with Gasteiger partial charge in [0.15, 0.2) is 5.82 Å². The van der Waals surface area contributed by atoms with Gasteiger partial charge in [-0.3, -0.25) is 4.68 Å². The van der Waals surface area contributed by atoms with Crippen molar-refractivity contribution >= 4 is 33.3 Å². The van der Waals surface area contributed by atoms with Crippen molar-refractivity contribution in [3.05, 3.63) is 45.3 Å². The lowest BCUT2D eigenvalue weighted by atomic mass is 10.2. The van der Waals surface area contributed by atoms with E-state index >= 15 is 0 Å². The molecule has 0 bridgehead atoms. The second-order valence-corrected chi connectivity index (χ2v) is 4.51. The smallest absolute Gasteiger partial charge is 0.159 e. The van der Waals surface area contributed by atoms with Crippen LogP contribution in [0, 0.1) is 5.82 Å². The topological polar surface area (TPSA) is 43.8 Å². The summed E-state index contributed by atoms with van der Waals surface area (Å²) in [5.41, 5.74) is 6.24. The van der Waals surface area contributed by atoms with E-state index in [0.717, 1.165) is 0 Å². The van der Waals surface area contributed by atoms with Gasteiger partial charge < -0.3 is 5.73 Å². The van der Waals surface area contributed by atoms with Gasteiger partial charge in [-0.1, -0.05) is 23.7 Å². The molecule has 0 aliphatic heterocycles. The Morgan fingerprint density at radius 3 is 2.88 bits per heavy atom. The zero-order valence-electron chi connectivity index (χ0n) is 8.12. The Bertz CT molecular complexity index is 507. The van der Waals surface area contributed by atoms with Gasteiger partial charge in [0.05, 0.1) is 16.0 Å². The minimum atomic E-state index is -0.432. The van der Waals surface area contributed by atoms with Gasteiger partial charge in [0, 0.05) is 6.20 Å². The molecular formula is C10H8BrClFN3. The zero-order valence-corrected chi connectivity index (χ0v) is 10.5. The van der Waals surface area contributed by atoms with Gasteiger partial charge in [0.2, 0.25) is 0 Å². The highest BCUT2D eigenvalue weighted by Crippen LogP contribution is 2.22. The first-order valence-corrected chi connectivity index (χ1v) is 5.66. The molecule has 2 N–H and O–H groups in total. The summed E-state index contributed by atoms with van der Waals surface area (Å²) < 4.78 is 15.5. The van der Waals surface area contributed by atoms with Crippen molar-refractivity contribution in [2.24, 2.45) is 0 Å². The largest absolute Gasteiger partial charge is 0.381 e. The third kappa shape index (κ3) is 2.20. The molecule has 1 aromatic heterocycles. The maximum Gasteiger partial charge on any atom is 0.159 e. The molecule has 6 heteroatoms. The number of hydrogen-bond donors (Lipinski definition) is 1. The fourth-order valence-electron chi connectivity index (χ4n) is 1.34. The number of nitrogens with zero attached hydrogens (tertiary/aromatic N) is 2. The molecule has 0 atom stereocenters. The average molecular weight is 305 g/mol. The molecule has 3 nitrogen and oxygen atoms in total. The van der Waals surface area contributed by atoms with Gasteiger partial charge in [0.25, 0.3) is 0 Å². The van der Waals surface area contributed by atoms with Crippen molar-refractivity contribution in [1.82, 2.24) is 9.78 Å². The number of rotatable bonds is 2. The van der Waals surface area contributed by atoms with Crippen molar-refractivity contribution in [2.75, 3.05) is 5.73 Å². The van der Waals surface area contributed by atoms with Gasteiger partial charge in [-0.25, -0.2) is 4.39 Å². The van der Waals surface area contributed by atoms with E-state index in [1.54, 1.807) is 23.0 Å². The normalized spacial score (nSPS) is 10.7. The number of aromatic nitrogens is 2. The van der Waals surface area contributed by atoms with Crippen LogP contribution < -0.4 is 5.73 Å². The Morgan fingerprint density at radius 1 is 1.50 bits per heavy atom. The Kier molecular flexibility index (Phi) is 3.16. The summed E-state index contributed by atoms with van der Waals surface area (Å²) in [4.78, 5) is 0. The molecule has 84 valence electrons. The first kappa shape index (κ1) is 11.4. The summed E-state index contributed by atoms with van der Waals surface area (Å²) in [6.45, 7) is 0.381. The minimum Gasteiger partial charge on any atom is -0.381 e. The van der Waals surface area contributed by atoms with Crippen LogP contribution in [0.25, 0.3) is 0 Å². The number of benzene rings is 1. The molecule has 1 heterocycles. The second kappa shape index (κ2) is 4.43. The summed E-state index contributed by atoms with van der Waals surface area (Å²) in [5, 5.41) is 4.16. The monoisotopic (exact) mass is 303 g/mol. The van der Waals surface area contributed by atoms with Crippen molar-refractivity contribution in [3.63, 3.8) is 0 Å². The van der Waals surface area contributed by atoms with E-state index in [1.165, 1.54) is 6.07 Å². The summed E-state index contributed by atoms with van der Waals surface area (Å²) in [5.74, 6) is -0.0362. The Morgan fingerprint density at radius 2 is 2.25 bits per heavy atom. The van der Waals surface area contributed by atoms with E-state index in [-0.39, 0.29) is 5.02 Å². The minimum absolute atomic E-state index is 0.118. The SMILES string of the molecule is Nc1nn(Cc2cccc(F)c2Cl)cc1Br. The molecule has 16 heavy (non-hydrogen) atoms. The molecule has 2 rings (SSSR count). The van der Waals surface area contributed by atoms with Crippen molar-refractivity contribution in [1.29, 1.82) is 0 Å². The lowest BCUT2D eigenvalue weighted by molar-refractivity contribution is 0.620. The summed E-state index contributed by atoms with van der Waals surface area (Å²) in [7, 11) is 0. The first-order valence-electron chi connectivity index (χ1n) is 4.49. The average Bonchev–Trinajstić information content (AvgIpc) is 2.54. The highest BCUT2D eigenvalue weighted by Gasteiger charge is 2.08. The number of nitrogens with two attached hydrogens (primary N) is 1. The van der Waals surface area contributed by atoms with E-state index < -0.39 is 5.82 Å². The van der Waals surface area contributed by atoms with Crippen LogP contribution in [0.15, 0.2) is 28.9 Å². The molecular weight excluding hydrogens is 296 g/mol. The lowest BCUT2D eigenvalue weighted by Gasteiger charge is -2.04. The molecule has 0 saturated heterocycles. The molecule has 0 unspecified atom stereocenters. The maximum absolute atomic E-state index is 13.2. The van der Waals surface area contributed by atoms with Crippen LogP contribution in [-0.2, 0) is 6.54 Å². The van der Waals surface area contributed by atoms with Crippen LogP contribution >= 0.6 is 27.5 Å². The predicted molar refractivity (Wildman–Crippen MR) is 64.9 cm³/mol. The predicted octanol–water partition coefficient (Wildman–Crippen LogP) is 3.07. The van der Waals surface area contributed by atoms with E-state index in [1.807, 2.05) is 0 Å². The third-order valence-electron chi connectivity index (χ3n) is 2.11. The van der Waals surface area contributed by atoms with E-state index in [2.05, 4.69) is 21.0 Å². The van der Waals surface area contributed by atoms with Crippen LogP contribution in [0.5, 0.6) is 0 Å². The number of hydrogen-bond acceptors (Lipinski definition) is 2. The highest BCUT2D eigenvalue weighted by molar-refractivity contribution is 9.10. The first-order chi connectivity index (χ1) is 7.58. The standard InChI is InChI=1S/C10H8BrClFN3/c11-7-5-16(15-10(7)14)4-6-2-1-3-8(13)9(6)12/h1-3,5H,4H2,(H2,14,15). The molecule has 0 amide bonds. The fraction of sp³-hybridized carbons (Fsp3) is 0.100. The van der Waals surface area contributed by atoms with Crippen LogP contribution in [0.3, 0.4) is 0 Å². The number of nitrogen functional groups attached to an aromatic ring is 1. The Balaban J connectivity index is 2.30. The molecule has 0 saturated carbocycles. The van der Waals surface area contributed by atoms with Crippen LogP contribution in [0.1, 0.15) is 5.56 Å². The summed E-state index contributed by atoms with van der Waals surface area (Å²) in [6.07, 6.45) is 1.72. The van der Waals surface area contributed by atoms with Gasteiger partial charge in [-0.15, -0.1) is 0 Å². The van der Waals surface area contributed by atoms with Crippen molar-refractivity contribution in [3.8, 4) is 0 Å². The number of anilines is 1. The lowest BCUT2D eigenvalue weighted by Crippen LogP contribution is -2.02. The second-order valence-electron chi connectivity index (χ2n) is 3.27. The van der Waals surface area contributed by atoms with Gasteiger partial charge in [-0.05, 0) is 27.6 Å². The molecule has 0 radical (unpaired) electrons. The zero-order chi connectivity index (χ0) is 11.7. The van der Waals surface area contributed by atoms with Crippen LogP contribution in [-0.4, -0.2) is 9.78 Å². The van der Waals surface area contributed by atoms with E-state index in [4.69, 9.17) is 17.3 Å². The Labute approximate surface area is 105 Å². The van der Waals surface area contributed by atoms with Gasteiger partial charge in [-0.2, -0.15) is 5.10 Å². The van der Waals surface area contributed by atoms with Crippen molar-refractivity contribution in [2.45, 2.75) is 6.54 Å². The van der Waals surface area contributed by atoms with Crippen molar-refractivity contribution < 1.29 is 4.39 Å². The highest BCUT2D eigenvalue weighted by atomic mass is 79.9. The quantitative estimate of drug-likeness (QED) is 0.926. The van der Waals surface area contributed by atoms with E-state index in [9.17, 15) is 4.39 Å². The number of halogens is 3. The molecule has 0 aliphatic carbocycles. The fourth-order valence-corrected chi connectivity index (χ4v) is 1.84. The summed E-state index contributed by atoms with van der Waals surface area (Å²) >= 11 is 9.08. The molecule has 1 aromatic carbocycles. The van der Waals surface area contributed by atoms with Gasteiger partial charge >= 0.3 is 0 Å². The maximum atomic E-state index is 13.2. The molecule has 2 aromatic rings. The van der Waals surface area contributed by atoms with Crippen LogP contribution in [0.4, 0.5) is 10.2 Å². The molecule has 0 aliphatic rings. The van der Waals surface area contributed by atoms with E-state index in [0.29, 0.717) is 22.4 Å².